The van der Waals surface area contributed by atoms with Crippen molar-refractivity contribution in [1.29, 1.82) is 0 Å². The SMILES string of the molecule is CSCCC(NC(=O)C(N)C(C)C)C(=O)NCC(=O)N1CCCC1C(=O)O. The van der Waals surface area contributed by atoms with Crippen molar-refractivity contribution >= 4 is 35.5 Å². The number of rotatable bonds is 10. The Morgan fingerprint density at radius 3 is 2.48 bits per heavy atom. The molecule has 0 spiro atoms. The van der Waals surface area contributed by atoms with Crippen LogP contribution in [0.5, 0.6) is 0 Å². The van der Waals surface area contributed by atoms with Crippen LogP contribution in [-0.4, -0.2) is 76.9 Å². The number of nitrogens with one attached hydrogen (secondary N) is 2. The Labute approximate surface area is 163 Å². The summed E-state index contributed by atoms with van der Waals surface area (Å²) >= 11 is 1.53. The fourth-order valence-corrected chi connectivity index (χ4v) is 3.26. The normalized spacial score (nSPS) is 18.9. The van der Waals surface area contributed by atoms with Crippen molar-refractivity contribution in [3.05, 3.63) is 0 Å². The Balaban J connectivity index is 2.63. The molecule has 0 aromatic rings. The highest BCUT2D eigenvalue weighted by Gasteiger charge is 2.34. The van der Waals surface area contributed by atoms with Gasteiger partial charge in [-0.1, -0.05) is 13.8 Å². The molecule has 1 saturated heterocycles. The molecule has 0 radical (unpaired) electrons. The number of thioether (sulfide) groups is 1. The zero-order valence-electron chi connectivity index (χ0n) is 16.1. The number of nitrogens with two attached hydrogens (primary N) is 1. The van der Waals surface area contributed by atoms with E-state index < -0.39 is 41.8 Å². The van der Waals surface area contributed by atoms with Crippen molar-refractivity contribution in [2.75, 3.05) is 25.1 Å². The fourth-order valence-electron chi connectivity index (χ4n) is 2.78. The Bertz CT molecular complexity index is 557. The molecule has 154 valence electrons. The van der Waals surface area contributed by atoms with Crippen LogP contribution < -0.4 is 16.4 Å². The molecule has 5 N–H and O–H groups in total. The molecule has 3 unspecified atom stereocenters. The Morgan fingerprint density at radius 1 is 1.26 bits per heavy atom. The van der Waals surface area contributed by atoms with Crippen LogP contribution in [-0.2, 0) is 19.2 Å². The lowest BCUT2D eigenvalue weighted by Crippen LogP contribution is -2.54. The number of hydrogen-bond donors (Lipinski definition) is 4. The summed E-state index contributed by atoms with van der Waals surface area (Å²) in [5, 5.41) is 14.3. The maximum Gasteiger partial charge on any atom is 0.326 e. The van der Waals surface area contributed by atoms with Crippen LogP contribution in [0, 0.1) is 5.92 Å². The van der Waals surface area contributed by atoms with E-state index in [0.717, 1.165) is 0 Å². The van der Waals surface area contributed by atoms with E-state index in [4.69, 9.17) is 10.8 Å². The lowest BCUT2D eigenvalue weighted by Gasteiger charge is -2.24. The highest BCUT2D eigenvalue weighted by molar-refractivity contribution is 7.98. The highest BCUT2D eigenvalue weighted by Crippen LogP contribution is 2.17. The maximum atomic E-state index is 12.4. The van der Waals surface area contributed by atoms with Crippen LogP contribution in [0.25, 0.3) is 0 Å². The molecule has 10 heteroatoms. The first-order valence-corrected chi connectivity index (χ1v) is 10.4. The number of likely N-dealkylation sites (tertiary alicyclic amines) is 1. The number of carboxylic acids is 1. The number of carbonyl (C=O) groups excluding carboxylic acids is 3. The summed E-state index contributed by atoms with van der Waals surface area (Å²) in [5.74, 6) is -1.80. The van der Waals surface area contributed by atoms with Crippen LogP contribution in [0.1, 0.15) is 33.1 Å². The molecule has 27 heavy (non-hydrogen) atoms. The zero-order chi connectivity index (χ0) is 20.6. The van der Waals surface area contributed by atoms with Gasteiger partial charge in [0.25, 0.3) is 0 Å². The standard InChI is InChI=1S/C17H30N4O5S/c1-10(2)14(18)16(24)20-11(6-8-27-3)15(23)19-9-13(22)21-7-4-5-12(21)17(25)26/h10-12,14H,4-9,18H2,1-3H3,(H,19,23)(H,20,24)(H,25,26). The van der Waals surface area contributed by atoms with Crippen LogP contribution in [0.15, 0.2) is 0 Å². The number of hydrogen-bond acceptors (Lipinski definition) is 6. The summed E-state index contributed by atoms with van der Waals surface area (Å²) in [6.45, 7) is 3.69. The van der Waals surface area contributed by atoms with Crippen molar-refractivity contribution < 1.29 is 24.3 Å². The number of carboxylic acid groups (broad SMARTS) is 1. The van der Waals surface area contributed by atoms with E-state index in [1.54, 1.807) is 0 Å². The second-order valence-electron chi connectivity index (χ2n) is 6.91. The van der Waals surface area contributed by atoms with Crippen LogP contribution in [0.4, 0.5) is 0 Å². The van der Waals surface area contributed by atoms with Crippen molar-refractivity contribution in [1.82, 2.24) is 15.5 Å². The van der Waals surface area contributed by atoms with Gasteiger partial charge in [0.15, 0.2) is 0 Å². The summed E-state index contributed by atoms with van der Waals surface area (Å²) in [5.41, 5.74) is 5.82. The first-order chi connectivity index (χ1) is 12.7. The first-order valence-electron chi connectivity index (χ1n) is 9.03. The van der Waals surface area contributed by atoms with Crippen molar-refractivity contribution in [2.45, 2.75) is 51.2 Å². The Kier molecular flexibility index (Phi) is 9.57. The van der Waals surface area contributed by atoms with Gasteiger partial charge in [-0.3, -0.25) is 14.4 Å². The third kappa shape index (κ3) is 7.02. The summed E-state index contributed by atoms with van der Waals surface area (Å²) < 4.78 is 0. The fraction of sp³-hybridized carbons (Fsp3) is 0.765. The van der Waals surface area contributed by atoms with Gasteiger partial charge in [0.1, 0.15) is 12.1 Å². The predicted molar refractivity (Wildman–Crippen MR) is 103 cm³/mol. The lowest BCUT2D eigenvalue weighted by molar-refractivity contribution is -0.148. The minimum Gasteiger partial charge on any atom is -0.480 e. The smallest absolute Gasteiger partial charge is 0.326 e. The lowest BCUT2D eigenvalue weighted by atomic mass is 10.0. The topological polar surface area (TPSA) is 142 Å². The van der Waals surface area contributed by atoms with Crippen molar-refractivity contribution in [2.24, 2.45) is 11.7 Å². The second kappa shape index (κ2) is 11.1. The molecule has 0 bridgehead atoms. The molecule has 0 aliphatic carbocycles. The van der Waals surface area contributed by atoms with Gasteiger partial charge in [-0.2, -0.15) is 11.8 Å². The molecule has 0 aromatic carbocycles. The van der Waals surface area contributed by atoms with E-state index in [2.05, 4.69) is 10.6 Å². The van der Waals surface area contributed by atoms with Crippen LogP contribution in [0.2, 0.25) is 0 Å². The molecular weight excluding hydrogens is 372 g/mol. The number of amides is 3. The zero-order valence-corrected chi connectivity index (χ0v) is 16.9. The van der Waals surface area contributed by atoms with Gasteiger partial charge in [-0.25, -0.2) is 4.79 Å². The molecule has 1 aliphatic heterocycles. The van der Waals surface area contributed by atoms with Gasteiger partial charge in [0, 0.05) is 6.54 Å². The minimum atomic E-state index is -1.04. The number of carbonyl (C=O) groups is 4. The summed E-state index contributed by atoms with van der Waals surface area (Å²) in [7, 11) is 0. The van der Waals surface area contributed by atoms with Gasteiger partial charge in [-0.15, -0.1) is 0 Å². The van der Waals surface area contributed by atoms with E-state index in [-0.39, 0.29) is 12.5 Å². The van der Waals surface area contributed by atoms with Gasteiger partial charge >= 0.3 is 5.97 Å². The minimum absolute atomic E-state index is 0.0704. The molecular formula is C17H30N4O5S. The monoisotopic (exact) mass is 402 g/mol. The molecule has 3 atom stereocenters. The molecule has 3 amide bonds. The maximum absolute atomic E-state index is 12.4. The molecule has 9 nitrogen and oxygen atoms in total. The van der Waals surface area contributed by atoms with E-state index >= 15 is 0 Å². The molecule has 0 saturated carbocycles. The highest BCUT2D eigenvalue weighted by atomic mass is 32.2. The quantitative estimate of drug-likeness (QED) is 0.382. The van der Waals surface area contributed by atoms with Crippen molar-refractivity contribution in [3.63, 3.8) is 0 Å². The third-order valence-corrected chi connectivity index (χ3v) is 5.18. The van der Waals surface area contributed by atoms with E-state index in [1.807, 2.05) is 20.1 Å². The van der Waals surface area contributed by atoms with Gasteiger partial charge < -0.3 is 26.4 Å². The Hall–Kier alpha value is -1.81. The van der Waals surface area contributed by atoms with E-state index in [9.17, 15) is 19.2 Å². The predicted octanol–water partition coefficient (Wildman–Crippen LogP) is -0.601. The van der Waals surface area contributed by atoms with Crippen LogP contribution in [0.3, 0.4) is 0 Å². The molecule has 1 aliphatic rings. The average molecular weight is 403 g/mol. The summed E-state index contributed by atoms with van der Waals surface area (Å²) in [6, 6.07) is -2.36. The molecule has 1 heterocycles. The van der Waals surface area contributed by atoms with E-state index in [0.29, 0.717) is 31.6 Å². The molecule has 1 fully saturated rings. The molecule has 1 rings (SSSR count). The summed E-state index contributed by atoms with van der Waals surface area (Å²) in [6.07, 6.45) is 3.32. The number of aliphatic carboxylic acids is 1. The largest absolute Gasteiger partial charge is 0.480 e. The summed E-state index contributed by atoms with van der Waals surface area (Å²) in [4.78, 5) is 49.3. The van der Waals surface area contributed by atoms with Crippen molar-refractivity contribution in [3.8, 4) is 0 Å². The van der Waals surface area contributed by atoms with Gasteiger partial charge in [-0.05, 0) is 37.2 Å². The second-order valence-corrected chi connectivity index (χ2v) is 7.90. The van der Waals surface area contributed by atoms with Gasteiger partial charge in [0.2, 0.25) is 17.7 Å². The van der Waals surface area contributed by atoms with Gasteiger partial charge in [0.05, 0.1) is 12.6 Å². The third-order valence-electron chi connectivity index (χ3n) is 4.54. The number of nitrogens with zero attached hydrogens (tertiary/aromatic N) is 1. The van der Waals surface area contributed by atoms with E-state index in [1.165, 1.54) is 16.7 Å². The van der Waals surface area contributed by atoms with Crippen LogP contribution >= 0.6 is 11.8 Å². The molecule has 0 aromatic heterocycles. The Morgan fingerprint density at radius 2 is 1.93 bits per heavy atom. The average Bonchev–Trinajstić information content (AvgIpc) is 3.11. The first kappa shape index (κ1) is 23.2.